The predicted octanol–water partition coefficient (Wildman–Crippen LogP) is 2.52. The first-order valence-electron chi connectivity index (χ1n) is 7.12. The molecule has 0 heterocycles. The van der Waals surface area contributed by atoms with E-state index in [1.54, 1.807) is 7.11 Å². The molecule has 1 N–H and O–H groups in total. The molecule has 0 bridgehead atoms. The van der Waals surface area contributed by atoms with Crippen LogP contribution in [0, 0.1) is 0 Å². The van der Waals surface area contributed by atoms with Crippen LogP contribution in [-0.4, -0.2) is 44.3 Å². The highest BCUT2D eigenvalue weighted by molar-refractivity contribution is 5.14. The van der Waals surface area contributed by atoms with E-state index >= 15 is 0 Å². The minimum absolute atomic E-state index is 0.266. The minimum atomic E-state index is 0.266. The Balaban J connectivity index is 2.12. The summed E-state index contributed by atoms with van der Waals surface area (Å²) < 4.78 is 5.30. The van der Waals surface area contributed by atoms with E-state index in [0.717, 1.165) is 26.1 Å². The van der Waals surface area contributed by atoms with Gasteiger partial charge >= 0.3 is 0 Å². The summed E-state index contributed by atoms with van der Waals surface area (Å²) in [6, 6.07) is 11.0. The number of hydrogen-bond acceptors (Lipinski definition) is 3. The van der Waals surface area contributed by atoms with Gasteiger partial charge in [0.2, 0.25) is 0 Å². The molecule has 0 amide bonds. The summed E-state index contributed by atoms with van der Waals surface area (Å²) in [5.74, 6) is 0. The van der Waals surface area contributed by atoms with Crippen molar-refractivity contribution in [3.05, 3.63) is 35.9 Å². The number of nitrogens with zero attached hydrogens (tertiary/aromatic N) is 1. The second kappa shape index (κ2) is 9.08. The normalized spacial score (nSPS) is 14.6. The Bertz CT molecular complexity index is 329. The first-order chi connectivity index (χ1) is 9.13. The average molecular weight is 264 g/mol. The Morgan fingerprint density at radius 2 is 1.89 bits per heavy atom. The van der Waals surface area contributed by atoms with E-state index in [-0.39, 0.29) is 6.10 Å². The number of rotatable bonds is 9. The number of methoxy groups -OCH3 is 1. The molecule has 0 saturated heterocycles. The summed E-state index contributed by atoms with van der Waals surface area (Å²) in [4.78, 5) is 2.36. The van der Waals surface area contributed by atoms with Crippen molar-refractivity contribution in [3.8, 4) is 0 Å². The smallest absolute Gasteiger partial charge is 0.0693 e. The molecule has 1 rings (SSSR count). The molecule has 0 fully saturated rings. The highest BCUT2D eigenvalue weighted by Crippen LogP contribution is 2.03. The molecular formula is C16H28N2O. The zero-order valence-corrected chi connectivity index (χ0v) is 12.7. The van der Waals surface area contributed by atoms with Crippen molar-refractivity contribution in [3.63, 3.8) is 0 Å². The molecule has 0 saturated carbocycles. The van der Waals surface area contributed by atoms with Crippen molar-refractivity contribution in [2.75, 3.05) is 27.2 Å². The summed E-state index contributed by atoms with van der Waals surface area (Å²) in [7, 11) is 3.94. The van der Waals surface area contributed by atoms with Crippen LogP contribution in [0.25, 0.3) is 0 Å². The molecule has 108 valence electrons. The summed E-state index contributed by atoms with van der Waals surface area (Å²) in [6.07, 6.45) is 1.42. The van der Waals surface area contributed by atoms with Crippen LogP contribution in [0.3, 0.4) is 0 Å². The van der Waals surface area contributed by atoms with E-state index in [0.29, 0.717) is 6.04 Å². The van der Waals surface area contributed by atoms with Gasteiger partial charge in [-0.25, -0.2) is 0 Å². The fourth-order valence-corrected chi connectivity index (χ4v) is 2.02. The second-order valence-electron chi connectivity index (χ2n) is 5.26. The number of hydrogen-bond donors (Lipinski definition) is 1. The monoisotopic (exact) mass is 264 g/mol. The van der Waals surface area contributed by atoms with Gasteiger partial charge in [0.15, 0.2) is 0 Å². The second-order valence-corrected chi connectivity index (χ2v) is 5.26. The molecule has 3 nitrogen and oxygen atoms in total. The molecule has 0 spiro atoms. The van der Waals surface area contributed by atoms with E-state index in [9.17, 15) is 0 Å². The Hall–Kier alpha value is -0.900. The molecule has 3 heteroatoms. The van der Waals surface area contributed by atoms with Gasteiger partial charge in [-0.05, 0) is 46.0 Å². The lowest BCUT2D eigenvalue weighted by Crippen LogP contribution is -2.38. The van der Waals surface area contributed by atoms with Crippen molar-refractivity contribution in [1.29, 1.82) is 0 Å². The lowest BCUT2D eigenvalue weighted by molar-refractivity contribution is 0.0885. The van der Waals surface area contributed by atoms with Crippen molar-refractivity contribution in [2.24, 2.45) is 0 Å². The molecule has 0 radical (unpaired) electrons. The van der Waals surface area contributed by atoms with Gasteiger partial charge in [0.25, 0.3) is 0 Å². The van der Waals surface area contributed by atoms with Gasteiger partial charge in [-0.2, -0.15) is 0 Å². The molecule has 1 aromatic rings. The minimum Gasteiger partial charge on any atom is -0.380 e. The average Bonchev–Trinajstić information content (AvgIpc) is 2.43. The molecular weight excluding hydrogens is 236 g/mol. The van der Waals surface area contributed by atoms with Crippen LogP contribution in [0.4, 0.5) is 0 Å². The number of nitrogens with one attached hydrogen (secondary N) is 1. The zero-order valence-electron chi connectivity index (χ0n) is 12.7. The third-order valence-corrected chi connectivity index (χ3v) is 3.55. The molecule has 0 aromatic heterocycles. The van der Waals surface area contributed by atoms with Gasteiger partial charge in [-0.3, -0.25) is 0 Å². The molecule has 2 atom stereocenters. The summed E-state index contributed by atoms with van der Waals surface area (Å²) in [5.41, 5.74) is 1.37. The SMILES string of the molecule is COC(C)C(C)NCCCN(C)Cc1ccccc1. The van der Waals surface area contributed by atoms with Crippen LogP contribution in [0.2, 0.25) is 0 Å². The van der Waals surface area contributed by atoms with E-state index in [1.807, 2.05) is 0 Å². The Morgan fingerprint density at radius 3 is 2.53 bits per heavy atom. The first-order valence-corrected chi connectivity index (χ1v) is 7.12. The molecule has 0 aliphatic rings. The van der Waals surface area contributed by atoms with Crippen LogP contribution in [0.15, 0.2) is 30.3 Å². The van der Waals surface area contributed by atoms with Gasteiger partial charge < -0.3 is 15.0 Å². The highest BCUT2D eigenvalue weighted by atomic mass is 16.5. The van der Waals surface area contributed by atoms with Gasteiger partial charge in [0, 0.05) is 19.7 Å². The van der Waals surface area contributed by atoms with Crippen LogP contribution in [0.5, 0.6) is 0 Å². The largest absolute Gasteiger partial charge is 0.380 e. The molecule has 2 unspecified atom stereocenters. The lowest BCUT2D eigenvalue weighted by atomic mass is 10.2. The van der Waals surface area contributed by atoms with E-state index < -0.39 is 0 Å². The number of ether oxygens (including phenoxy) is 1. The third kappa shape index (κ3) is 6.71. The predicted molar refractivity (Wildman–Crippen MR) is 81.3 cm³/mol. The van der Waals surface area contributed by atoms with Crippen LogP contribution >= 0.6 is 0 Å². The van der Waals surface area contributed by atoms with Crippen molar-refractivity contribution < 1.29 is 4.74 Å². The fourth-order valence-electron chi connectivity index (χ4n) is 2.02. The topological polar surface area (TPSA) is 24.5 Å². The van der Waals surface area contributed by atoms with Gasteiger partial charge in [0.05, 0.1) is 6.10 Å². The van der Waals surface area contributed by atoms with E-state index in [4.69, 9.17) is 4.74 Å². The highest BCUT2D eigenvalue weighted by Gasteiger charge is 2.09. The maximum Gasteiger partial charge on any atom is 0.0693 e. The standard InChI is InChI=1S/C16H28N2O/c1-14(15(2)19-4)17-11-8-12-18(3)13-16-9-6-5-7-10-16/h5-7,9-10,14-15,17H,8,11-13H2,1-4H3. The van der Waals surface area contributed by atoms with Crippen LogP contribution in [-0.2, 0) is 11.3 Å². The first kappa shape index (κ1) is 16.2. The Labute approximate surface area is 118 Å². The van der Waals surface area contributed by atoms with Gasteiger partial charge in [0.1, 0.15) is 0 Å². The zero-order chi connectivity index (χ0) is 14.1. The summed E-state index contributed by atoms with van der Waals surface area (Å²) in [5, 5.41) is 3.50. The molecule has 1 aromatic carbocycles. The summed E-state index contributed by atoms with van der Waals surface area (Å²) in [6.45, 7) is 7.43. The van der Waals surface area contributed by atoms with E-state index in [2.05, 4.69) is 61.4 Å². The van der Waals surface area contributed by atoms with Crippen molar-refractivity contribution in [1.82, 2.24) is 10.2 Å². The van der Waals surface area contributed by atoms with Gasteiger partial charge in [-0.15, -0.1) is 0 Å². The summed E-state index contributed by atoms with van der Waals surface area (Å²) >= 11 is 0. The maximum atomic E-state index is 5.30. The third-order valence-electron chi connectivity index (χ3n) is 3.55. The quantitative estimate of drug-likeness (QED) is 0.694. The fraction of sp³-hybridized carbons (Fsp3) is 0.625. The van der Waals surface area contributed by atoms with Crippen LogP contribution < -0.4 is 5.32 Å². The van der Waals surface area contributed by atoms with Crippen molar-refractivity contribution >= 4 is 0 Å². The number of benzene rings is 1. The maximum absolute atomic E-state index is 5.30. The Kier molecular flexibility index (Phi) is 7.72. The Morgan fingerprint density at radius 1 is 1.21 bits per heavy atom. The lowest BCUT2D eigenvalue weighted by Gasteiger charge is -2.21. The van der Waals surface area contributed by atoms with Crippen molar-refractivity contribution in [2.45, 2.75) is 39.0 Å². The molecule has 0 aliphatic heterocycles. The molecule has 0 aliphatic carbocycles. The van der Waals surface area contributed by atoms with Gasteiger partial charge in [-0.1, -0.05) is 30.3 Å². The molecule has 19 heavy (non-hydrogen) atoms. The van der Waals surface area contributed by atoms with E-state index in [1.165, 1.54) is 5.56 Å². The van der Waals surface area contributed by atoms with Crippen LogP contribution in [0.1, 0.15) is 25.8 Å².